The fourth-order valence-corrected chi connectivity index (χ4v) is 3.85. The highest BCUT2D eigenvalue weighted by atomic mass is 32.1. The largest absolute Gasteiger partial charge is 0.493 e. The van der Waals surface area contributed by atoms with Gasteiger partial charge < -0.3 is 9.47 Å². The number of hydrogen-bond acceptors (Lipinski definition) is 6. The van der Waals surface area contributed by atoms with Crippen LogP contribution in [0.2, 0.25) is 0 Å². The molecule has 0 aliphatic rings. The Morgan fingerprint density at radius 3 is 2.75 bits per heavy atom. The molecule has 0 bridgehead atoms. The molecule has 0 unspecified atom stereocenters. The number of nitrogens with zero attached hydrogens (tertiary/aromatic N) is 3. The lowest BCUT2D eigenvalue weighted by Gasteiger charge is -2.09. The summed E-state index contributed by atoms with van der Waals surface area (Å²) in [5, 5.41) is 4.40. The zero-order valence-corrected chi connectivity index (χ0v) is 16.6. The number of ether oxygens (including phenoxy) is 2. The van der Waals surface area contributed by atoms with E-state index in [0.29, 0.717) is 33.4 Å². The average Bonchev–Trinajstić information content (AvgIpc) is 3.23. The van der Waals surface area contributed by atoms with Crippen LogP contribution in [-0.4, -0.2) is 28.3 Å². The second kappa shape index (κ2) is 7.44. The molecule has 0 aliphatic carbocycles. The molecule has 0 fully saturated rings. The van der Waals surface area contributed by atoms with Crippen LogP contribution >= 0.6 is 11.3 Å². The molecule has 7 heteroatoms. The minimum absolute atomic E-state index is 0.181. The second-order valence-electron chi connectivity index (χ2n) is 6.26. The van der Waals surface area contributed by atoms with Gasteiger partial charge in [0.15, 0.2) is 17.3 Å². The summed E-state index contributed by atoms with van der Waals surface area (Å²) in [6.45, 7) is 4.49. The fourth-order valence-electron chi connectivity index (χ4n) is 2.94. The van der Waals surface area contributed by atoms with Crippen molar-refractivity contribution in [3.63, 3.8) is 0 Å². The van der Waals surface area contributed by atoms with Gasteiger partial charge in [0, 0.05) is 5.56 Å². The maximum Gasteiger partial charge on any atom is 0.291 e. The molecule has 2 heterocycles. The highest BCUT2D eigenvalue weighted by Gasteiger charge is 2.12. The van der Waals surface area contributed by atoms with Crippen molar-refractivity contribution in [2.24, 2.45) is 0 Å². The molecule has 0 N–H and O–H groups in total. The first-order chi connectivity index (χ1) is 13.6. The van der Waals surface area contributed by atoms with Crippen LogP contribution in [-0.2, 0) is 0 Å². The molecule has 0 atom stereocenters. The summed E-state index contributed by atoms with van der Waals surface area (Å²) in [6.07, 6.45) is 1.81. The van der Waals surface area contributed by atoms with Crippen molar-refractivity contribution < 1.29 is 9.47 Å². The molecule has 2 aromatic carbocycles. The van der Waals surface area contributed by atoms with Crippen LogP contribution in [0, 0.1) is 6.92 Å². The maximum absolute atomic E-state index is 12.8. The number of aromatic nitrogens is 3. The molecule has 0 spiro atoms. The Morgan fingerprint density at radius 2 is 2.04 bits per heavy atom. The lowest BCUT2D eigenvalue weighted by Crippen LogP contribution is -2.23. The van der Waals surface area contributed by atoms with E-state index in [0.717, 1.165) is 16.7 Å². The number of thiazole rings is 1. The molecule has 0 saturated heterocycles. The molecule has 28 heavy (non-hydrogen) atoms. The van der Waals surface area contributed by atoms with E-state index in [1.165, 1.54) is 15.9 Å². The quantitative estimate of drug-likeness (QED) is 0.521. The molecule has 0 saturated carbocycles. The first-order valence-electron chi connectivity index (χ1n) is 8.88. The predicted molar refractivity (Wildman–Crippen MR) is 110 cm³/mol. The SMILES string of the molecule is CCOc1ccc(/C=c2\sc3nc(-c4cccc(C)c4)nn3c2=O)cc1OC. The first kappa shape index (κ1) is 18.2. The Hall–Kier alpha value is -3.19. The Morgan fingerprint density at radius 1 is 1.18 bits per heavy atom. The summed E-state index contributed by atoms with van der Waals surface area (Å²) in [6, 6.07) is 13.5. The normalized spacial score (nSPS) is 11.9. The van der Waals surface area contributed by atoms with Crippen LogP contribution < -0.4 is 19.6 Å². The monoisotopic (exact) mass is 393 g/mol. The van der Waals surface area contributed by atoms with Gasteiger partial charge in [0.1, 0.15) is 0 Å². The lowest BCUT2D eigenvalue weighted by atomic mass is 10.1. The number of fused-ring (bicyclic) bond motifs is 1. The Bertz CT molecular complexity index is 1260. The highest BCUT2D eigenvalue weighted by molar-refractivity contribution is 7.15. The standard InChI is InChI=1S/C21H19N3O3S/c1-4-27-16-9-8-14(11-17(16)26-3)12-18-20(25)24-21(28-18)22-19(23-24)15-7-5-6-13(2)10-15/h5-12H,4H2,1-3H3/b18-12-. The number of benzene rings is 2. The molecule has 0 amide bonds. The summed E-state index contributed by atoms with van der Waals surface area (Å²) >= 11 is 1.32. The smallest absolute Gasteiger partial charge is 0.291 e. The van der Waals surface area contributed by atoms with E-state index in [4.69, 9.17) is 9.47 Å². The minimum Gasteiger partial charge on any atom is -0.493 e. The van der Waals surface area contributed by atoms with E-state index in [9.17, 15) is 4.79 Å². The topological polar surface area (TPSA) is 65.7 Å². The van der Waals surface area contributed by atoms with E-state index in [1.54, 1.807) is 7.11 Å². The summed E-state index contributed by atoms with van der Waals surface area (Å²) in [5.41, 5.74) is 2.69. The van der Waals surface area contributed by atoms with Gasteiger partial charge >= 0.3 is 0 Å². The molecule has 0 radical (unpaired) electrons. The Kier molecular flexibility index (Phi) is 4.83. The fraction of sp³-hybridized carbons (Fsp3) is 0.190. The van der Waals surface area contributed by atoms with Gasteiger partial charge in [0.05, 0.1) is 18.2 Å². The molecule has 0 aliphatic heterocycles. The number of aryl methyl sites for hydroxylation is 1. The highest BCUT2D eigenvalue weighted by Crippen LogP contribution is 2.28. The summed E-state index contributed by atoms with van der Waals surface area (Å²) in [5.74, 6) is 1.86. The molecule has 6 nitrogen and oxygen atoms in total. The molecule has 2 aromatic heterocycles. The van der Waals surface area contributed by atoms with Crippen molar-refractivity contribution in [3.8, 4) is 22.9 Å². The van der Waals surface area contributed by atoms with Gasteiger partial charge in [-0.3, -0.25) is 4.79 Å². The zero-order chi connectivity index (χ0) is 19.7. The van der Waals surface area contributed by atoms with Gasteiger partial charge in [-0.1, -0.05) is 41.2 Å². The van der Waals surface area contributed by atoms with Crippen molar-refractivity contribution in [2.75, 3.05) is 13.7 Å². The Balaban J connectivity index is 1.75. The number of hydrogen-bond donors (Lipinski definition) is 0. The minimum atomic E-state index is -0.181. The van der Waals surface area contributed by atoms with E-state index in [2.05, 4.69) is 10.1 Å². The van der Waals surface area contributed by atoms with Gasteiger partial charge in [-0.05, 0) is 43.7 Å². The summed E-state index contributed by atoms with van der Waals surface area (Å²) in [7, 11) is 1.59. The van der Waals surface area contributed by atoms with Crippen molar-refractivity contribution in [2.45, 2.75) is 13.8 Å². The van der Waals surface area contributed by atoms with Gasteiger partial charge in [-0.15, -0.1) is 5.10 Å². The van der Waals surface area contributed by atoms with Crippen LogP contribution in [0.3, 0.4) is 0 Å². The Labute approximate surface area is 165 Å². The lowest BCUT2D eigenvalue weighted by molar-refractivity contribution is 0.311. The van der Waals surface area contributed by atoms with Crippen LogP contribution in [0.4, 0.5) is 0 Å². The van der Waals surface area contributed by atoms with E-state index in [1.807, 2.05) is 62.4 Å². The zero-order valence-electron chi connectivity index (χ0n) is 15.8. The summed E-state index contributed by atoms with van der Waals surface area (Å²) < 4.78 is 12.8. The van der Waals surface area contributed by atoms with Crippen LogP contribution in [0.1, 0.15) is 18.1 Å². The van der Waals surface area contributed by atoms with E-state index >= 15 is 0 Å². The molecular weight excluding hydrogens is 374 g/mol. The van der Waals surface area contributed by atoms with Crippen LogP contribution in [0.25, 0.3) is 22.4 Å². The third kappa shape index (κ3) is 3.36. The predicted octanol–water partition coefficient (Wildman–Crippen LogP) is 3.08. The van der Waals surface area contributed by atoms with E-state index < -0.39 is 0 Å². The number of methoxy groups -OCH3 is 1. The van der Waals surface area contributed by atoms with Gasteiger partial charge in [-0.25, -0.2) is 0 Å². The maximum atomic E-state index is 12.8. The third-order valence-corrected chi connectivity index (χ3v) is 5.20. The van der Waals surface area contributed by atoms with Crippen LogP contribution in [0.15, 0.2) is 47.3 Å². The summed E-state index contributed by atoms with van der Waals surface area (Å²) in [4.78, 5) is 17.9. The van der Waals surface area contributed by atoms with Gasteiger partial charge in [-0.2, -0.15) is 9.50 Å². The van der Waals surface area contributed by atoms with Gasteiger partial charge in [0.2, 0.25) is 4.96 Å². The average molecular weight is 393 g/mol. The van der Waals surface area contributed by atoms with Crippen LogP contribution in [0.5, 0.6) is 11.5 Å². The van der Waals surface area contributed by atoms with Crippen molar-refractivity contribution in [1.29, 1.82) is 0 Å². The molecular formula is C21H19N3O3S. The molecule has 142 valence electrons. The van der Waals surface area contributed by atoms with E-state index in [-0.39, 0.29) is 5.56 Å². The van der Waals surface area contributed by atoms with Crippen molar-refractivity contribution in [1.82, 2.24) is 14.6 Å². The third-order valence-electron chi connectivity index (χ3n) is 4.24. The van der Waals surface area contributed by atoms with Crippen molar-refractivity contribution in [3.05, 3.63) is 68.5 Å². The van der Waals surface area contributed by atoms with Crippen molar-refractivity contribution >= 4 is 22.4 Å². The van der Waals surface area contributed by atoms with Gasteiger partial charge in [0.25, 0.3) is 5.56 Å². The second-order valence-corrected chi connectivity index (χ2v) is 7.27. The molecule has 4 aromatic rings. The number of rotatable bonds is 5. The first-order valence-corrected chi connectivity index (χ1v) is 9.70. The molecule has 4 rings (SSSR count).